The number of benzene rings is 2. The number of hydrogen-bond donors (Lipinski definition) is 0. The Hall–Kier alpha value is -2.09. The minimum atomic E-state index is 0.193. The Morgan fingerprint density at radius 2 is 1.33 bits per heavy atom. The largest absolute Gasteiger partial charge is 0.280 e. The fourth-order valence-electron chi connectivity index (χ4n) is 3.69. The van der Waals surface area contributed by atoms with Gasteiger partial charge in [0.25, 0.3) is 0 Å². The smallest absolute Gasteiger partial charge is 0.234 e. The van der Waals surface area contributed by atoms with E-state index in [9.17, 15) is 4.79 Å². The summed E-state index contributed by atoms with van der Waals surface area (Å²) >= 11 is 0. The minimum absolute atomic E-state index is 0.193. The summed E-state index contributed by atoms with van der Waals surface area (Å²) in [4.78, 5) is 13.1. The molecule has 0 aliphatic heterocycles. The molecule has 0 spiro atoms. The van der Waals surface area contributed by atoms with Crippen LogP contribution in [0.25, 0.3) is 21.8 Å². The predicted molar refractivity (Wildman–Crippen MR) is 86.6 cm³/mol. The molecule has 1 aromatic heterocycles. The molecule has 0 saturated heterocycles. The van der Waals surface area contributed by atoms with Crippen LogP contribution in [0.1, 0.15) is 36.9 Å². The van der Waals surface area contributed by atoms with Crippen molar-refractivity contribution in [3.05, 3.63) is 48.5 Å². The van der Waals surface area contributed by atoms with Crippen molar-refractivity contribution in [3.8, 4) is 0 Å². The highest BCUT2D eigenvalue weighted by Crippen LogP contribution is 2.32. The zero-order valence-corrected chi connectivity index (χ0v) is 12.1. The third kappa shape index (κ3) is 1.98. The summed E-state index contributed by atoms with van der Waals surface area (Å²) < 4.78 is 1.96. The van der Waals surface area contributed by atoms with Gasteiger partial charge in [-0.2, -0.15) is 0 Å². The number of carbonyl (C=O) groups excluding carboxylic acids is 1. The molecule has 0 unspecified atom stereocenters. The lowest BCUT2D eigenvalue weighted by atomic mass is 9.88. The van der Waals surface area contributed by atoms with Gasteiger partial charge in [-0.05, 0) is 25.0 Å². The standard InChI is InChI=1S/C19H19NO/c21-19(14-8-2-1-3-9-14)20-17-12-6-4-10-15(17)16-11-5-7-13-18(16)20/h4-7,10-14H,1-3,8-9H2. The Labute approximate surface area is 124 Å². The van der Waals surface area contributed by atoms with E-state index in [4.69, 9.17) is 0 Å². The zero-order valence-electron chi connectivity index (χ0n) is 12.1. The van der Waals surface area contributed by atoms with Crippen LogP contribution in [0, 0.1) is 5.92 Å². The van der Waals surface area contributed by atoms with Gasteiger partial charge < -0.3 is 0 Å². The van der Waals surface area contributed by atoms with E-state index in [2.05, 4.69) is 24.3 Å². The molecule has 1 aliphatic carbocycles. The number of para-hydroxylation sites is 2. The monoisotopic (exact) mass is 277 g/mol. The van der Waals surface area contributed by atoms with Crippen molar-refractivity contribution in [1.82, 2.24) is 4.57 Å². The maximum atomic E-state index is 13.1. The van der Waals surface area contributed by atoms with E-state index in [1.807, 2.05) is 28.8 Å². The predicted octanol–water partition coefficient (Wildman–Crippen LogP) is 5.02. The van der Waals surface area contributed by atoms with E-state index in [0.29, 0.717) is 0 Å². The number of hydrogen-bond acceptors (Lipinski definition) is 1. The third-order valence-corrected chi connectivity index (χ3v) is 4.75. The van der Waals surface area contributed by atoms with Crippen molar-refractivity contribution >= 4 is 27.7 Å². The van der Waals surface area contributed by atoms with Crippen molar-refractivity contribution in [2.24, 2.45) is 5.92 Å². The summed E-state index contributed by atoms with van der Waals surface area (Å²) in [5.74, 6) is 0.477. The molecule has 0 radical (unpaired) electrons. The lowest BCUT2D eigenvalue weighted by Crippen LogP contribution is -2.23. The van der Waals surface area contributed by atoms with Gasteiger partial charge in [-0.3, -0.25) is 9.36 Å². The second-order valence-electron chi connectivity index (χ2n) is 6.04. The molecule has 0 N–H and O–H groups in total. The quantitative estimate of drug-likeness (QED) is 0.612. The summed E-state index contributed by atoms with van der Waals surface area (Å²) in [6.45, 7) is 0. The lowest BCUT2D eigenvalue weighted by molar-refractivity contribution is 0.0812. The molecular weight excluding hydrogens is 258 g/mol. The fraction of sp³-hybridized carbons (Fsp3) is 0.316. The number of rotatable bonds is 1. The second kappa shape index (κ2) is 5.03. The van der Waals surface area contributed by atoms with Gasteiger partial charge in [-0.15, -0.1) is 0 Å². The number of aromatic nitrogens is 1. The van der Waals surface area contributed by atoms with Gasteiger partial charge in [0.1, 0.15) is 0 Å². The number of carbonyl (C=O) groups is 1. The van der Waals surface area contributed by atoms with Gasteiger partial charge in [0.2, 0.25) is 5.91 Å². The summed E-state index contributed by atoms with van der Waals surface area (Å²) in [5.41, 5.74) is 2.10. The molecule has 1 heterocycles. The van der Waals surface area contributed by atoms with Crippen LogP contribution in [-0.4, -0.2) is 10.5 Å². The van der Waals surface area contributed by atoms with Gasteiger partial charge >= 0.3 is 0 Å². The number of nitrogens with zero attached hydrogens (tertiary/aromatic N) is 1. The van der Waals surface area contributed by atoms with Crippen LogP contribution < -0.4 is 0 Å². The Morgan fingerprint density at radius 1 is 0.810 bits per heavy atom. The van der Waals surface area contributed by atoms with Crippen molar-refractivity contribution < 1.29 is 4.79 Å². The van der Waals surface area contributed by atoms with Gasteiger partial charge in [0.05, 0.1) is 11.0 Å². The summed E-state index contributed by atoms with van der Waals surface area (Å²) in [5, 5.41) is 2.36. The molecule has 2 nitrogen and oxygen atoms in total. The highest BCUT2D eigenvalue weighted by molar-refractivity contribution is 6.13. The van der Waals surface area contributed by atoms with Crippen LogP contribution in [0.3, 0.4) is 0 Å². The van der Waals surface area contributed by atoms with Crippen LogP contribution >= 0.6 is 0 Å². The average Bonchev–Trinajstić information content (AvgIpc) is 2.90. The summed E-state index contributed by atoms with van der Waals surface area (Å²) in [6, 6.07) is 16.5. The molecule has 1 fully saturated rings. The SMILES string of the molecule is O=C(C1CCCCC1)n1c2ccccc2c2ccccc21. The summed E-state index contributed by atoms with van der Waals surface area (Å²) in [6.07, 6.45) is 5.73. The van der Waals surface area contributed by atoms with Crippen LogP contribution in [0.4, 0.5) is 0 Å². The van der Waals surface area contributed by atoms with Gasteiger partial charge in [-0.1, -0.05) is 55.7 Å². The maximum absolute atomic E-state index is 13.1. The molecule has 106 valence electrons. The molecule has 1 saturated carbocycles. The summed E-state index contributed by atoms with van der Waals surface area (Å²) in [7, 11) is 0. The van der Waals surface area contributed by atoms with Crippen LogP contribution in [-0.2, 0) is 0 Å². The maximum Gasteiger partial charge on any atom is 0.234 e. The fourth-order valence-corrected chi connectivity index (χ4v) is 3.69. The molecule has 0 atom stereocenters. The Kier molecular flexibility index (Phi) is 3.03. The van der Waals surface area contributed by atoms with Crippen LogP contribution in [0.5, 0.6) is 0 Å². The molecule has 1 aliphatic rings. The molecule has 21 heavy (non-hydrogen) atoms. The topological polar surface area (TPSA) is 22.0 Å². The minimum Gasteiger partial charge on any atom is -0.280 e. The van der Waals surface area contributed by atoms with Crippen LogP contribution in [0.15, 0.2) is 48.5 Å². The highest BCUT2D eigenvalue weighted by Gasteiger charge is 2.25. The third-order valence-electron chi connectivity index (χ3n) is 4.75. The molecule has 3 aromatic rings. The van der Waals surface area contributed by atoms with E-state index in [-0.39, 0.29) is 11.8 Å². The van der Waals surface area contributed by atoms with E-state index in [1.54, 1.807) is 0 Å². The normalized spacial score (nSPS) is 16.6. The lowest BCUT2D eigenvalue weighted by Gasteiger charge is -2.21. The van der Waals surface area contributed by atoms with E-state index in [1.165, 1.54) is 30.0 Å². The first-order valence-electron chi connectivity index (χ1n) is 7.88. The van der Waals surface area contributed by atoms with Crippen molar-refractivity contribution in [1.29, 1.82) is 0 Å². The van der Waals surface area contributed by atoms with Crippen molar-refractivity contribution in [3.63, 3.8) is 0 Å². The molecule has 4 rings (SSSR count). The molecule has 0 bridgehead atoms. The second-order valence-corrected chi connectivity index (χ2v) is 6.04. The number of fused-ring (bicyclic) bond motifs is 3. The Morgan fingerprint density at radius 3 is 1.90 bits per heavy atom. The van der Waals surface area contributed by atoms with E-state index < -0.39 is 0 Å². The van der Waals surface area contributed by atoms with Crippen molar-refractivity contribution in [2.45, 2.75) is 32.1 Å². The Balaban J connectivity index is 1.95. The highest BCUT2D eigenvalue weighted by atomic mass is 16.2. The molecule has 2 aromatic carbocycles. The van der Waals surface area contributed by atoms with Gasteiger partial charge in [0.15, 0.2) is 0 Å². The first-order chi connectivity index (χ1) is 10.4. The van der Waals surface area contributed by atoms with E-state index >= 15 is 0 Å². The van der Waals surface area contributed by atoms with Gasteiger partial charge in [0, 0.05) is 16.7 Å². The zero-order chi connectivity index (χ0) is 14.2. The van der Waals surface area contributed by atoms with Gasteiger partial charge in [-0.25, -0.2) is 0 Å². The van der Waals surface area contributed by atoms with Crippen molar-refractivity contribution in [2.75, 3.05) is 0 Å². The molecule has 0 amide bonds. The Bertz CT molecular complexity index is 755. The molecular formula is C19H19NO. The van der Waals surface area contributed by atoms with E-state index in [0.717, 1.165) is 23.9 Å². The average molecular weight is 277 g/mol. The first kappa shape index (κ1) is 12.6. The first-order valence-corrected chi connectivity index (χ1v) is 7.88. The van der Waals surface area contributed by atoms with Crippen LogP contribution in [0.2, 0.25) is 0 Å². The molecule has 2 heteroatoms.